The van der Waals surface area contributed by atoms with E-state index in [1.807, 2.05) is 9.80 Å². The summed E-state index contributed by atoms with van der Waals surface area (Å²) in [7, 11) is 0. The lowest BCUT2D eigenvalue weighted by Gasteiger charge is -2.41. The molecule has 1 saturated carbocycles. The monoisotopic (exact) mass is 268 g/mol. The van der Waals surface area contributed by atoms with Gasteiger partial charge in [0.05, 0.1) is 12.5 Å². The fraction of sp³-hybridized carbons (Fsp3) is 0.857. The Kier molecular flexibility index (Phi) is 4.45. The molecular weight excluding hydrogens is 244 g/mol. The minimum Gasteiger partial charge on any atom is -0.481 e. The molecule has 2 aliphatic rings. The summed E-state index contributed by atoms with van der Waals surface area (Å²) in [5, 5.41) is 9.02. The van der Waals surface area contributed by atoms with E-state index < -0.39 is 12.0 Å². The smallest absolute Gasteiger partial charge is 0.305 e. The van der Waals surface area contributed by atoms with Crippen LogP contribution in [-0.4, -0.2) is 59.0 Å². The number of aliphatic carboxylic acids is 1. The van der Waals surface area contributed by atoms with Crippen molar-refractivity contribution < 1.29 is 14.7 Å². The van der Waals surface area contributed by atoms with Gasteiger partial charge < -0.3 is 10.0 Å². The molecule has 0 aromatic rings. The molecule has 0 radical (unpaired) electrons. The van der Waals surface area contributed by atoms with Crippen LogP contribution >= 0.6 is 0 Å². The Morgan fingerprint density at radius 1 is 1.37 bits per heavy atom. The van der Waals surface area contributed by atoms with E-state index in [1.54, 1.807) is 0 Å². The van der Waals surface area contributed by atoms with Crippen molar-refractivity contribution in [2.75, 3.05) is 26.2 Å². The molecule has 1 heterocycles. The van der Waals surface area contributed by atoms with Gasteiger partial charge in [-0.3, -0.25) is 14.5 Å². The Hall–Kier alpha value is -1.10. The minimum absolute atomic E-state index is 0.0150. The highest BCUT2D eigenvalue weighted by Crippen LogP contribution is 2.31. The van der Waals surface area contributed by atoms with Gasteiger partial charge in [0.25, 0.3) is 0 Å². The van der Waals surface area contributed by atoms with E-state index in [1.165, 1.54) is 12.8 Å². The second-order valence-electron chi connectivity index (χ2n) is 6.23. The summed E-state index contributed by atoms with van der Waals surface area (Å²) in [6.45, 7) is 7.36. The third-order valence-corrected chi connectivity index (χ3v) is 3.84. The molecule has 2 rings (SSSR count). The van der Waals surface area contributed by atoms with E-state index in [2.05, 4.69) is 13.8 Å². The Morgan fingerprint density at radius 3 is 2.58 bits per heavy atom. The molecule has 19 heavy (non-hydrogen) atoms. The van der Waals surface area contributed by atoms with Crippen molar-refractivity contribution in [1.29, 1.82) is 0 Å². The molecule has 1 N–H and O–H groups in total. The molecule has 1 aliphatic carbocycles. The molecule has 1 saturated heterocycles. The summed E-state index contributed by atoms with van der Waals surface area (Å²) in [5.74, 6) is 0.228. The maximum Gasteiger partial charge on any atom is 0.305 e. The number of amides is 1. The second kappa shape index (κ2) is 5.90. The van der Waals surface area contributed by atoms with Gasteiger partial charge in [0.15, 0.2) is 0 Å². The lowest BCUT2D eigenvalue weighted by molar-refractivity contribution is -0.149. The molecule has 1 aliphatic heterocycles. The highest BCUT2D eigenvalue weighted by atomic mass is 16.4. The van der Waals surface area contributed by atoms with Gasteiger partial charge in [-0.05, 0) is 24.7 Å². The molecule has 0 bridgehead atoms. The molecule has 0 aromatic heterocycles. The number of hydrogen-bond donors (Lipinski definition) is 1. The quantitative estimate of drug-likeness (QED) is 0.782. The van der Waals surface area contributed by atoms with Crippen LogP contribution in [0, 0.1) is 11.8 Å². The topological polar surface area (TPSA) is 60.9 Å². The average Bonchev–Trinajstić information content (AvgIpc) is 3.10. The van der Waals surface area contributed by atoms with Crippen molar-refractivity contribution >= 4 is 11.9 Å². The van der Waals surface area contributed by atoms with Gasteiger partial charge >= 0.3 is 5.97 Å². The van der Waals surface area contributed by atoms with Crippen molar-refractivity contribution in [3.05, 3.63) is 0 Å². The lowest BCUT2D eigenvalue weighted by Crippen LogP contribution is -2.58. The molecule has 5 nitrogen and oxygen atoms in total. The predicted molar refractivity (Wildman–Crippen MR) is 71.8 cm³/mol. The van der Waals surface area contributed by atoms with Crippen molar-refractivity contribution in [2.45, 2.75) is 39.2 Å². The van der Waals surface area contributed by atoms with Gasteiger partial charge in [-0.15, -0.1) is 0 Å². The van der Waals surface area contributed by atoms with Crippen LogP contribution in [0.3, 0.4) is 0 Å². The van der Waals surface area contributed by atoms with E-state index in [0.717, 1.165) is 26.2 Å². The molecule has 108 valence electrons. The van der Waals surface area contributed by atoms with Crippen LogP contribution < -0.4 is 0 Å². The Balaban J connectivity index is 2.01. The molecule has 0 aromatic carbocycles. The first kappa shape index (κ1) is 14.3. The third-order valence-electron chi connectivity index (χ3n) is 3.84. The number of rotatable bonds is 6. The minimum atomic E-state index is -0.889. The third kappa shape index (κ3) is 3.93. The summed E-state index contributed by atoms with van der Waals surface area (Å²) < 4.78 is 0. The van der Waals surface area contributed by atoms with Crippen molar-refractivity contribution in [1.82, 2.24) is 9.80 Å². The number of piperazine rings is 1. The first-order chi connectivity index (χ1) is 8.97. The second-order valence-corrected chi connectivity index (χ2v) is 6.23. The zero-order valence-corrected chi connectivity index (χ0v) is 11.8. The summed E-state index contributed by atoms with van der Waals surface area (Å²) in [5.41, 5.74) is 0. The van der Waals surface area contributed by atoms with E-state index >= 15 is 0 Å². The Labute approximate surface area is 114 Å². The van der Waals surface area contributed by atoms with E-state index in [0.29, 0.717) is 11.8 Å². The highest BCUT2D eigenvalue weighted by Gasteiger charge is 2.38. The standard InChI is InChI=1S/C14H24N2O3/c1-10(2)8-15-5-6-16(9-11-3-4-11)14(19)12(15)7-13(17)18/h10-12H,3-9H2,1-2H3,(H,17,18). The van der Waals surface area contributed by atoms with Crippen LogP contribution in [0.15, 0.2) is 0 Å². The van der Waals surface area contributed by atoms with Crippen molar-refractivity contribution in [2.24, 2.45) is 11.8 Å². The number of carboxylic acids is 1. The molecule has 5 heteroatoms. The van der Waals surface area contributed by atoms with E-state index in [9.17, 15) is 9.59 Å². The summed E-state index contributed by atoms with van der Waals surface area (Å²) in [6, 6.07) is -0.465. The number of carbonyl (C=O) groups excluding carboxylic acids is 1. The van der Waals surface area contributed by atoms with Crippen LogP contribution in [-0.2, 0) is 9.59 Å². The van der Waals surface area contributed by atoms with Crippen LogP contribution in [0.1, 0.15) is 33.1 Å². The van der Waals surface area contributed by atoms with Gasteiger partial charge in [0.2, 0.25) is 5.91 Å². The average molecular weight is 268 g/mol. The molecule has 0 spiro atoms. The predicted octanol–water partition coefficient (Wildman–Crippen LogP) is 1.04. The molecule has 1 unspecified atom stereocenters. The van der Waals surface area contributed by atoms with Gasteiger partial charge in [0, 0.05) is 26.2 Å². The lowest BCUT2D eigenvalue weighted by atomic mass is 10.0. The van der Waals surface area contributed by atoms with Crippen LogP contribution in [0.5, 0.6) is 0 Å². The van der Waals surface area contributed by atoms with Crippen LogP contribution in [0.25, 0.3) is 0 Å². The van der Waals surface area contributed by atoms with E-state index in [-0.39, 0.29) is 12.3 Å². The molecule has 1 atom stereocenters. The van der Waals surface area contributed by atoms with E-state index in [4.69, 9.17) is 5.11 Å². The molecular formula is C14H24N2O3. The number of carbonyl (C=O) groups is 2. The fourth-order valence-corrected chi connectivity index (χ4v) is 2.74. The Bertz CT molecular complexity index is 353. The molecule has 2 fully saturated rings. The van der Waals surface area contributed by atoms with Crippen LogP contribution in [0.4, 0.5) is 0 Å². The zero-order valence-electron chi connectivity index (χ0n) is 11.8. The van der Waals surface area contributed by atoms with Gasteiger partial charge in [-0.2, -0.15) is 0 Å². The van der Waals surface area contributed by atoms with Crippen LogP contribution in [0.2, 0.25) is 0 Å². The summed E-state index contributed by atoms with van der Waals surface area (Å²) in [4.78, 5) is 27.3. The largest absolute Gasteiger partial charge is 0.481 e. The first-order valence-electron chi connectivity index (χ1n) is 7.22. The summed E-state index contributed by atoms with van der Waals surface area (Å²) in [6.07, 6.45) is 2.35. The first-order valence-corrected chi connectivity index (χ1v) is 7.22. The number of carboxylic acid groups (broad SMARTS) is 1. The Morgan fingerprint density at radius 2 is 2.05 bits per heavy atom. The maximum absolute atomic E-state index is 12.4. The SMILES string of the molecule is CC(C)CN1CCN(CC2CC2)C(=O)C1CC(=O)O. The number of nitrogens with zero attached hydrogens (tertiary/aromatic N) is 2. The van der Waals surface area contributed by atoms with Gasteiger partial charge in [-0.1, -0.05) is 13.8 Å². The maximum atomic E-state index is 12.4. The molecule has 1 amide bonds. The summed E-state index contributed by atoms with van der Waals surface area (Å²) >= 11 is 0. The van der Waals surface area contributed by atoms with Gasteiger partial charge in [0.1, 0.15) is 0 Å². The number of hydrogen-bond acceptors (Lipinski definition) is 3. The zero-order chi connectivity index (χ0) is 14.0. The fourth-order valence-electron chi connectivity index (χ4n) is 2.74. The van der Waals surface area contributed by atoms with Gasteiger partial charge in [-0.25, -0.2) is 0 Å². The van der Waals surface area contributed by atoms with Crippen molar-refractivity contribution in [3.8, 4) is 0 Å². The highest BCUT2D eigenvalue weighted by molar-refractivity contribution is 5.86. The normalized spacial score (nSPS) is 25.1. The van der Waals surface area contributed by atoms with Crippen molar-refractivity contribution in [3.63, 3.8) is 0 Å².